The average Bonchev–Trinajstić information content (AvgIpc) is 2.71. The van der Waals surface area contributed by atoms with Crippen LogP contribution in [0.15, 0.2) is 24.3 Å². The molecular weight excluding hydrogens is 246 g/mol. The highest BCUT2D eigenvalue weighted by Crippen LogP contribution is 2.22. The largest absolute Gasteiger partial charge is 0.481 e. The molecule has 5 heteroatoms. The molecule has 5 nitrogen and oxygen atoms in total. The number of nitrogens with zero attached hydrogens (tertiary/aromatic N) is 1. The van der Waals surface area contributed by atoms with Crippen LogP contribution in [0.25, 0.3) is 0 Å². The number of carboxylic acid groups (broad SMARTS) is 1. The molecular formula is C14H17NO4. The summed E-state index contributed by atoms with van der Waals surface area (Å²) in [6, 6.07) is 7.46. The van der Waals surface area contributed by atoms with Crippen LogP contribution in [0.5, 0.6) is 0 Å². The smallest absolute Gasteiger partial charge is 0.303 e. The summed E-state index contributed by atoms with van der Waals surface area (Å²) in [5, 5.41) is 9.87. The molecule has 0 fully saturated rings. The van der Waals surface area contributed by atoms with Crippen LogP contribution < -0.4 is 0 Å². The molecule has 0 bridgehead atoms. The predicted octanol–water partition coefficient (Wildman–Crippen LogP) is 2.22. The number of hydrogen-bond donors (Lipinski definition) is 1. The van der Waals surface area contributed by atoms with Crippen molar-refractivity contribution in [2.75, 3.05) is 6.61 Å². The van der Waals surface area contributed by atoms with Crippen molar-refractivity contribution in [3.63, 3.8) is 0 Å². The molecule has 0 saturated carbocycles. The summed E-state index contributed by atoms with van der Waals surface area (Å²) in [6.45, 7) is 0.934. The Morgan fingerprint density at radius 3 is 2.79 bits per heavy atom. The summed E-state index contributed by atoms with van der Waals surface area (Å²) in [7, 11) is 0. The quantitative estimate of drug-likeness (QED) is 0.766. The van der Waals surface area contributed by atoms with Gasteiger partial charge < -0.3 is 5.11 Å². The maximum absolute atomic E-state index is 11.9. The second-order valence-corrected chi connectivity index (χ2v) is 4.54. The molecule has 0 aliphatic carbocycles. The van der Waals surface area contributed by atoms with E-state index in [1.54, 1.807) is 6.07 Å². The minimum Gasteiger partial charge on any atom is -0.481 e. The van der Waals surface area contributed by atoms with E-state index in [2.05, 4.69) is 0 Å². The van der Waals surface area contributed by atoms with Crippen LogP contribution in [-0.4, -0.2) is 28.7 Å². The van der Waals surface area contributed by atoms with E-state index < -0.39 is 5.97 Å². The first-order chi connectivity index (χ1) is 9.18. The van der Waals surface area contributed by atoms with Gasteiger partial charge in [-0.2, -0.15) is 0 Å². The van der Waals surface area contributed by atoms with Gasteiger partial charge in [-0.3, -0.25) is 14.4 Å². The van der Waals surface area contributed by atoms with Gasteiger partial charge in [0.25, 0.3) is 5.91 Å². The fourth-order valence-electron chi connectivity index (χ4n) is 2.06. The molecule has 0 radical (unpaired) electrons. The number of unbranched alkanes of at least 4 members (excludes halogenated alkanes) is 2. The van der Waals surface area contributed by atoms with E-state index >= 15 is 0 Å². The van der Waals surface area contributed by atoms with Gasteiger partial charge in [-0.15, -0.1) is 0 Å². The molecule has 19 heavy (non-hydrogen) atoms. The van der Waals surface area contributed by atoms with Crippen molar-refractivity contribution in [1.29, 1.82) is 0 Å². The zero-order valence-electron chi connectivity index (χ0n) is 10.7. The third-order valence-electron chi connectivity index (χ3n) is 3.07. The number of fused-ring (bicyclic) bond motifs is 1. The van der Waals surface area contributed by atoms with E-state index in [0.29, 0.717) is 25.1 Å². The first-order valence-electron chi connectivity index (χ1n) is 6.43. The van der Waals surface area contributed by atoms with Gasteiger partial charge in [-0.25, -0.2) is 5.06 Å². The third kappa shape index (κ3) is 3.54. The van der Waals surface area contributed by atoms with Crippen molar-refractivity contribution >= 4 is 11.9 Å². The molecule has 1 aromatic carbocycles. The Labute approximate surface area is 111 Å². The van der Waals surface area contributed by atoms with Crippen LogP contribution in [0.4, 0.5) is 0 Å². The second kappa shape index (κ2) is 6.33. The van der Waals surface area contributed by atoms with Gasteiger partial charge in [0.05, 0.1) is 13.2 Å². The highest BCUT2D eigenvalue weighted by molar-refractivity contribution is 5.97. The summed E-state index contributed by atoms with van der Waals surface area (Å²) in [5.41, 5.74) is 1.69. The topological polar surface area (TPSA) is 66.8 Å². The zero-order chi connectivity index (χ0) is 13.7. The highest BCUT2D eigenvalue weighted by atomic mass is 16.7. The minimum absolute atomic E-state index is 0.0962. The molecule has 0 spiro atoms. The lowest BCUT2D eigenvalue weighted by Crippen LogP contribution is -2.24. The third-order valence-corrected chi connectivity index (χ3v) is 3.07. The van der Waals surface area contributed by atoms with Crippen molar-refractivity contribution in [2.24, 2.45) is 0 Å². The number of carbonyl (C=O) groups is 2. The Morgan fingerprint density at radius 2 is 2.05 bits per heavy atom. The van der Waals surface area contributed by atoms with E-state index in [1.165, 1.54) is 5.06 Å². The average molecular weight is 263 g/mol. The summed E-state index contributed by atoms with van der Waals surface area (Å²) in [4.78, 5) is 27.7. The van der Waals surface area contributed by atoms with Gasteiger partial charge in [0.1, 0.15) is 0 Å². The van der Waals surface area contributed by atoms with Crippen LogP contribution >= 0.6 is 0 Å². The van der Waals surface area contributed by atoms with Crippen LogP contribution in [0, 0.1) is 0 Å². The van der Waals surface area contributed by atoms with Crippen molar-refractivity contribution in [3.8, 4) is 0 Å². The van der Waals surface area contributed by atoms with E-state index in [0.717, 1.165) is 18.4 Å². The zero-order valence-corrected chi connectivity index (χ0v) is 10.7. The Balaban J connectivity index is 1.69. The van der Waals surface area contributed by atoms with E-state index in [-0.39, 0.29) is 12.3 Å². The summed E-state index contributed by atoms with van der Waals surface area (Å²) in [5.74, 6) is -0.868. The van der Waals surface area contributed by atoms with Crippen LogP contribution in [0.3, 0.4) is 0 Å². The molecule has 2 rings (SSSR count). The Bertz CT molecular complexity index is 472. The maximum Gasteiger partial charge on any atom is 0.303 e. The van der Waals surface area contributed by atoms with Crippen molar-refractivity contribution < 1.29 is 19.5 Å². The Kier molecular flexibility index (Phi) is 4.52. The van der Waals surface area contributed by atoms with Crippen LogP contribution in [0.2, 0.25) is 0 Å². The number of carbonyl (C=O) groups excluding carboxylic acids is 1. The highest BCUT2D eigenvalue weighted by Gasteiger charge is 2.27. The Hall–Kier alpha value is -1.88. The lowest BCUT2D eigenvalue weighted by atomic mass is 10.1. The molecule has 102 valence electrons. The van der Waals surface area contributed by atoms with Gasteiger partial charge in [-0.1, -0.05) is 24.6 Å². The van der Waals surface area contributed by atoms with Gasteiger partial charge >= 0.3 is 5.97 Å². The fourth-order valence-corrected chi connectivity index (χ4v) is 2.06. The van der Waals surface area contributed by atoms with Crippen molar-refractivity contribution in [2.45, 2.75) is 32.2 Å². The van der Waals surface area contributed by atoms with E-state index in [1.807, 2.05) is 18.2 Å². The first-order valence-corrected chi connectivity index (χ1v) is 6.43. The molecule has 1 aliphatic rings. The molecule has 0 unspecified atom stereocenters. The molecule has 1 N–H and O–H groups in total. The number of hydrogen-bond acceptors (Lipinski definition) is 3. The fraction of sp³-hybridized carbons (Fsp3) is 0.429. The number of hydroxylamine groups is 2. The number of benzene rings is 1. The normalized spacial score (nSPS) is 13.7. The molecule has 0 atom stereocenters. The summed E-state index contributed by atoms with van der Waals surface area (Å²) < 4.78 is 0. The molecule has 1 aliphatic heterocycles. The SMILES string of the molecule is O=C(O)CCCCCON1Cc2ccccc2C1=O. The van der Waals surface area contributed by atoms with Crippen LogP contribution in [-0.2, 0) is 16.2 Å². The lowest BCUT2D eigenvalue weighted by Gasteiger charge is -2.14. The molecule has 1 heterocycles. The van der Waals surface area contributed by atoms with Crippen molar-refractivity contribution in [3.05, 3.63) is 35.4 Å². The molecule has 0 saturated heterocycles. The maximum atomic E-state index is 11.9. The first kappa shape index (κ1) is 13.5. The standard InChI is InChI=1S/C14H17NO4/c16-13(17)8-2-1-5-9-19-15-10-11-6-3-4-7-12(11)14(15)18/h3-4,6-7H,1-2,5,8-10H2,(H,16,17). The van der Waals surface area contributed by atoms with Crippen molar-refractivity contribution in [1.82, 2.24) is 5.06 Å². The number of carboxylic acids is 1. The van der Waals surface area contributed by atoms with Gasteiger partial charge in [0.15, 0.2) is 0 Å². The summed E-state index contributed by atoms with van der Waals surface area (Å²) >= 11 is 0. The molecule has 1 amide bonds. The molecule has 1 aromatic rings. The lowest BCUT2D eigenvalue weighted by molar-refractivity contribution is -0.137. The number of rotatable bonds is 7. The number of aliphatic carboxylic acids is 1. The van der Waals surface area contributed by atoms with Gasteiger partial charge in [0, 0.05) is 12.0 Å². The molecule has 0 aromatic heterocycles. The van der Waals surface area contributed by atoms with E-state index in [9.17, 15) is 9.59 Å². The monoisotopic (exact) mass is 263 g/mol. The minimum atomic E-state index is -0.772. The van der Waals surface area contributed by atoms with Crippen LogP contribution in [0.1, 0.15) is 41.6 Å². The Morgan fingerprint density at radius 1 is 1.26 bits per heavy atom. The van der Waals surface area contributed by atoms with E-state index in [4.69, 9.17) is 9.94 Å². The predicted molar refractivity (Wildman–Crippen MR) is 68.4 cm³/mol. The second-order valence-electron chi connectivity index (χ2n) is 4.54. The van der Waals surface area contributed by atoms with Gasteiger partial charge in [-0.05, 0) is 24.5 Å². The van der Waals surface area contributed by atoms with Gasteiger partial charge in [0.2, 0.25) is 0 Å². The number of amides is 1. The summed E-state index contributed by atoms with van der Waals surface area (Å²) in [6.07, 6.45) is 2.38.